The lowest BCUT2D eigenvalue weighted by Gasteiger charge is -2.67. The summed E-state index contributed by atoms with van der Waals surface area (Å²) in [6, 6.07) is 14.1. The van der Waals surface area contributed by atoms with Crippen LogP contribution in [0.2, 0.25) is 0 Å². The van der Waals surface area contributed by atoms with Crippen molar-refractivity contribution in [3.05, 3.63) is 82.9 Å². The van der Waals surface area contributed by atoms with Crippen LogP contribution in [0.1, 0.15) is 97.1 Å². The van der Waals surface area contributed by atoms with Gasteiger partial charge in [-0.05, 0) is 63.5 Å². The second-order valence-electron chi connectivity index (χ2n) is 18.8. The van der Waals surface area contributed by atoms with Gasteiger partial charge in [0.15, 0.2) is 18.0 Å². The number of carbonyl (C=O) groups excluding carboxylic acids is 7. The van der Waals surface area contributed by atoms with E-state index in [2.05, 4.69) is 5.32 Å². The lowest BCUT2D eigenvalue weighted by Crippen LogP contribution is -2.81. The molecule has 1 amide bonds. The van der Waals surface area contributed by atoms with Crippen LogP contribution >= 0.6 is 0 Å². The largest absolute Gasteiger partial charge is 0.455 e. The number of carbonyl (C=O) groups is 7. The zero-order chi connectivity index (χ0) is 48.0. The summed E-state index contributed by atoms with van der Waals surface area (Å²) in [5, 5.41) is 40.5. The van der Waals surface area contributed by atoms with Gasteiger partial charge in [-0.1, -0.05) is 62.4 Å². The van der Waals surface area contributed by atoms with Crippen LogP contribution in [-0.4, -0.2) is 124 Å². The van der Waals surface area contributed by atoms with Gasteiger partial charge in [0.1, 0.15) is 41.7 Å². The van der Waals surface area contributed by atoms with Gasteiger partial charge in [-0.3, -0.25) is 14.4 Å². The molecule has 2 aromatic rings. The van der Waals surface area contributed by atoms with Gasteiger partial charge in [0.2, 0.25) is 6.10 Å². The van der Waals surface area contributed by atoms with Crippen LogP contribution in [0, 0.1) is 16.7 Å². The fourth-order valence-corrected chi connectivity index (χ4v) is 10.00. The Bertz CT molecular complexity index is 2240. The van der Waals surface area contributed by atoms with Gasteiger partial charge in [-0.25, -0.2) is 19.2 Å². The molecule has 4 aliphatic rings. The number of esters is 5. The number of fused-ring (bicyclic) bond motifs is 5. The molecule has 1 aliphatic heterocycles. The smallest absolute Gasteiger partial charge is 0.408 e. The molecule has 2 saturated carbocycles. The fourth-order valence-electron chi connectivity index (χ4n) is 10.00. The Morgan fingerprint density at radius 1 is 0.908 bits per heavy atom. The van der Waals surface area contributed by atoms with Gasteiger partial charge in [0, 0.05) is 32.1 Å². The minimum absolute atomic E-state index is 0.0388. The Hall–Kier alpha value is -5.69. The van der Waals surface area contributed by atoms with Crippen molar-refractivity contribution in [1.29, 1.82) is 0 Å². The molecule has 0 aromatic heterocycles. The summed E-state index contributed by atoms with van der Waals surface area (Å²) in [6.07, 6.45) is -12.1. The fraction of sp³-hybridized carbons (Fsp3) is 0.553. The molecule has 6 rings (SSSR count). The quantitative estimate of drug-likeness (QED) is 0.143. The number of amides is 1. The van der Waals surface area contributed by atoms with E-state index in [4.69, 9.17) is 33.2 Å². The number of ether oxygens (including phenoxy) is 7. The molecule has 18 heteroatoms. The topological polar surface area (TPSA) is 257 Å². The highest BCUT2D eigenvalue weighted by atomic mass is 16.6. The van der Waals surface area contributed by atoms with Gasteiger partial charge in [0.05, 0.1) is 29.6 Å². The SMILES string of the molecule is CC(=O)OCC(=O)O[C@@H](C(=O)O[C@H]1C[C@@]2(O)C(OC(=O)c3ccccc3)C3[C@](C)(C(=O)[C@H](O)C(=C1C)C2(C)C)[C@@H](O)C[C@H]1OC[C@@]31OC(C)=O)[C@@H](NC(=O)OC(C)(C)C)c1ccccc1. The molecule has 1 saturated heterocycles. The number of aliphatic hydroxyl groups is 3. The summed E-state index contributed by atoms with van der Waals surface area (Å²) < 4.78 is 40.3. The molecule has 1 heterocycles. The molecule has 3 aliphatic carbocycles. The van der Waals surface area contributed by atoms with Crippen molar-refractivity contribution in [2.45, 2.75) is 135 Å². The zero-order valence-electron chi connectivity index (χ0n) is 37.8. The number of hydrogen-bond donors (Lipinski definition) is 4. The van der Waals surface area contributed by atoms with E-state index in [1.807, 2.05) is 0 Å². The summed E-state index contributed by atoms with van der Waals surface area (Å²) in [5.41, 5.74) is -8.84. The summed E-state index contributed by atoms with van der Waals surface area (Å²) in [6.45, 7) is 11.6. The van der Waals surface area contributed by atoms with Crippen LogP contribution in [0.4, 0.5) is 4.79 Å². The predicted octanol–water partition coefficient (Wildman–Crippen LogP) is 3.37. The first kappa shape index (κ1) is 48.8. The zero-order valence-corrected chi connectivity index (χ0v) is 37.8. The van der Waals surface area contributed by atoms with Crippen LogP contribution in [0.15, 0.2) is 71.8 Å². The summed E-state index contributed by atoms with van der Waals surface area (Å²) >= 11 is 0. The normalized spacial score (nSPS) is 31.1. The minimum atomic E-state index is -2.45. The van der Waals surface area contributed by atoms with Crippen LogP contribution in [-0.2, 0) is 57.1 Å². The molecular weight excluding hydrogens is 851 g/mol. The lowest BCUT2D eigenvalue weighted by atomic mass is 9.44. The maximum absolute atomic E-state index is 15.1. The Morgan fingerprint density at radius 2 is 1.52 bits per heavy atom. The van der Waals surface area contributed by atoms with E-state index in [-0.39, 0.29) is 35.3 Å². The van der Waals surface area contributed by atoms with E-state index in [9.17, 15) is 44.1 Å². The number of alkyl carbamates (subject to hydrolysis) is 1. The Morgan fingerprint density at radius 3 is 2.08 bits per heavy atom. The van der Waals surface area contributed by atoms with E-state index in [1.54, 1.807) is 57.2 Å². The standard InChI is InChI=1S/C47H57NO17/c1-24-29(61-41(56)36(62-32(52)22-59-25(2)49)34(27-16-12-10-13-17-27)48-42(57)65-43(4,5)6)21-47(58)39(63-40(55)28-18-14-11-15-19-28)37-45(9,38(54)35(53)33(24)44(47,7)8)30(51)20-31-46(37,23-60-31)64-26(3)50/h10-19,29-31,34-37,39,51,53,58H,20-23H2,1-9H3,(H,48,57)/t29-,30-,31+,34-,35+,36+,37?,39?,45+,46-,47+/m0/s1. The molecule has 2 unspecified atom stereocenters. The third kappa shape index (κ3) is 9.00. The van der Waals surface area contributed by atoms with Crippen LogP contribution in [0.25, 0.3) is 0 Å². The minimum Gasteiger partial charge on any atom is -0.455 e. The van der Waals surface area contributed by atoms with Gasteiger partial charge in [0.25, 0.3) is 0 Å². The average molecular weight is 908 g/mol. The van der Waals surface area contributed by atoms with Gasteiger partial charge < -0.3 is 53.8 Å². The molecule has 4 N–H and O–H groups in total. The number of benzene rings is 2. The monoisotopic (exact) mass is 907 g/mol. The Kier molecular flexibility index (Phi) is 13.5. The van der Waals surface area contributed by atoms with Crippen molar-refractivity contribution in [2.75, 3.05) is 13.2 Å². The molecule has 0 radical (unpaired) electrons. The summed E-state index contributed by atoms with van der Waals surface area (Å²) in [7, 11) is 0. The lowest BCUT2D eigenvalue weighted by molar-refractivity contribution is -0.346. The Labute approximate surface area is 375 Å². The molecule has 11 atom stereocenters. The molecule has 2 bridgehead atoms. The first-order chi connectivity index (χ1) is 30.3. The van der Waals surface area contributed by atoms with E-state index < -0.39 is 131 Å². The molecule has 352 valence electrons. The van der Waals surface area contributed by atoms with E-state index in [0.29, 0.717) is 0 Å². The maximum Gasteiger partial charge on any atom is 0.408 e. The number of ketones is 1. The average Bonchev–Trinajstić information content (AvgIpc) is 3.22. The molecule has 3 fully saturated rings. The second kappa shape index (κ2) is 17.9. The first-order valence-corrected chi connectivity index (χ1v) is 21.3. The van der Waals surface area contributed by atoms with Gasteiger partial charge in [-0.15, -0.1) is 0 Å². The molecule has 65 heavy (non-hydrogen) atoms. The van der Waals surface area contributed by atoms with Crippen molar-refractivity contribution < 1.29 is 82.0 Å². The van der Waals surface area contributed by atoms with Crippen LogP contribution in [0.3, 0.4) is 0 Å². The van der Waals surface area contributed by atoms with E-state index >= 15 is 4.79 Å². The summed E-state index contributed by atoms with van der Waals surface area (Å²) in [5.74, 6) is -7.69. The maximum atomic E-state index is 15.1. The van der Waals surface area contributed by atoms with Crippen molar-refractivity contribution in [3.63, 3.8) is 0 Å². The molecule has 18 nitrogen and oxygen atoms in total. The van der Waals surface area contributed by atoms with Crippen molar-refractivity contribution in [1.82, 2.24) is 5.32 Å². The van der Waals surface area contributed by atoms with Gasteiger partial charge >= 0.3 is 35.9 Å². The first-order valence-electron chi connectivity index (χ1n) is 21.3. The third-order valence-electron chi connectivity index (χ3n) is 13.2. The van der Waals surface area contributed by atoms with Crippen molar-refractivity contribution >= 4 is 41.7 Å². The predicted molar refractivity (Wildman–Crippen MR) is 224 cm³/mol. The third-order valence-corrected chi connectivity index (χ3v) is 13.2. The molecule has 0 spiro atoms. The van der Waals surface area contributed by atoms with E-state index in [0.717, 1.165) is 13.8 Å². The van der Waals surface area contributed by atoms with Crippen molar-refractivity contribution in [2.24, 2.45) is 16.7 Å². The van der Waals surface area contributed by atoms with Crippen molar-refractivity contribution in [3.8, 4) is 0 Å². The Balaban J connectivity index is 1.52. The van der Waals surface area contributed by atoms with E-state index in [1.165, 1.54) is 52.0 Å². The highest BCUT2D eigenvalue weighted by Crippen LogP contribution is 2.64. The second-order valence-corrected chi connectivity index (χ2v) is 18.8. The molecule has 2 aromatic carbocycles. The van der Waals surface area contributed by atoms with Crippen LogP contribution in [0.5, 0.6) is 0 Å². The highest BCUT2D eigenvalue weighted by Gasteiger charge is 2.78. The summed E-state index contributed by atoms with van der Waals surface area (Å²) in [4.78, 5) is 95.4. The van der Waals surface area contributed by atoms with Gasteiger partial charge in [-0.2, -0.15) is 0 Å². The van der Waals surface area contributed by atoms with Crippen LogP contribution < -0.4 is 5.32 Å². The number of aliphatic hydroxyl groups excluding tert-OH is 2. The number of rotatable bonds is 11. The highest BCUT2D eigenvalue weighted by molar-refractivity contribution is 5.94. The molecular formula is C47H57NO17. The number of nitrogens with one attached hydrogen (secondary N) is 1. The number of Topliss-reactive ketones (excluding diaryl/α,β-unsaturated/α-hetero) is 1. The number of hydrogen-bond acceptors (Lipinski definition) is 17.